The Balaban J connectivity index is 2.01. The molecule has 0 saturated heterocycles. The summed E-state index contributed by atoms with van der Waals surface area (Å²) in [6, 6.07) is 15.1. The summed E-state index contributed by atoms with van der Waals surface area (Å²) in [6.07, 6.45) is 0.147. The topological polar surface area (TPSA) is 58.6 Å². The second-order valence-corrected chi connectivity index (χ2v) is 8.92. The van der Waals surface area contributed by atoms with E-state index in [4.69, 9.17) is 4.74 Å². The molecule has 0 aromatic heterocycles. The maximum atomic E-state index is 12.1. The third kappa shape index (κ3) is 5.30. The highest BCUT2D eigenvalue weighted by Crippen LogP contribution is 2.19. The molecule has 2 aromatic carbocycles. The van der Waals surface area contributed by atoms with Gasteiger partial charge >= 0.3 is 0 Å². The molecule has 0 aliphatic carbocycles. The van der Waals surface area contributed by atoms with Crippen LogP contribution in [0.25, 0.3) is 0 Å². The first-order valence-electron chi connectivity index (χ1n) is 8.71. The summed E-state index contributed by atoms with van der Waals surface area (Å²) < 4.78 is 31.2. The molecule has 0 fully saturated rings. The third-order valence-corrected chi connectivity index (χ3v) is 5.87. The Kier molecular flexibility index (Phi) is 6.81. The predicted molar refractivity (Wildman–Crippen MR) is 105 cm³/mol. The highest BCUT2D eigenvalue weighted by Gasteiger charge is 2.17. The van der Waals surface area contributed by atoms with E-state index in [1.54, 1.807) is 12.1 Å². The molecule has 0 spiro atoms. The Morgan fingerprint density at radius 1 is 1.04 bits per heavy atom. The van der Waals surface area contributed by atoms with Crippen molar-refractivity contribution < 1.29 is 13.2 Å². The zero-order valence-electron chi connectivity index (χ0n) is 16.1. The summed E-state index contributed by atoms with van der Waals surface area (Å²) in [6.45, 7) is 6.78. The molecular formula is C20H28N2O3S. The van der Waals surface area contributed by atoms with Crippen LogP contribution in [0.15, 0.2) is 53.4 Å². The van der Waals surface area contributed by atoms with Crippen LogP contribution in [0.4, 0.5) is 0 Å². The first-order chi connectivity index (χ1) is 12.2. The van der Waals surface area contributed by atoms with Crippen LogP contribution in [0.2, 0.25) is 0 Å². The molecule has 2 rings (SSSR count). The molecule has 0 aliphatic rings. The van der Waals surface area contributed by atoms with E-state index < -0.39 is 10.0 Å². The van der Waals surface area contributed by atoms with E-state index in [-0.39, 0.29) is 12.1 Å². The van der Waals surface area contributed by atoms with Gasteiger partial charge in [-0.25, -0.2) is 12.7 Å². The van der Waals surface area contributed by atoms with Gasteiger partial charge in [0.15, 0.2) is 0 Å². The number of nitrogens with one attached hydrogen (secondary N) is 1. The molecule has 142 valence electrons. The Hall–Kier alpha value is -1.89. The number of sulfonamides is 1. The number of hydrogen-bond acceptors (Lipinski definition) is 4. The van der Waals surface area contributed by atoms with Crippen molar-refractivity contribution in [3.8, 4) is 5.75 Å². The van der Waals surface area contributed by atoms with Gasteiger partial charge < -0.3 is 10.1 Å². The highest BCUT2D eigenvalue weighted by molar-refractivity contribution is 7.89. The van der Waals surface area contributed by atoms with Gasteiger partial charge in [0.2, 0.25) is 10.0 Å². The fourth-order valence-electron chi connectivity index (χ4n) is 2.53. The molecule has 0 bridgehead atoms. The van der Waals surface area contributed by atoms with E-state index in [9.17, 15) is 8.42 Å². The second-order valence-electron chi connectivity index (χ2n) is 6.77. The van der Waals surface area contributed by atoms with Crippen molar-refractivity contribution in [2.45, 2.75) is 44.4 Å². The van der Waals surface area contributed by atoms with Crippen molar-refractivity contribution in [1.29, 1.82) is 0 Å². The van der Waals surface area contributed by atoms with Gasteiger partial charge in [-0.2, -0.15) is 0 Å². The van der Waals surface area contributed by atoms with Crippen LogP contribution in [0, 0.1) is 0 Å². The fraction of sp³-hybridized carbons (Fsp3) is 0.400. The lowest BCUT2D eigenvalue weighted by Crippen LogP contribution is -2.22. The van der Waals surface area contributed by atoms with Crippen LogP contribution in [-0.2, 0) is 16.6 Å². The molecule has 0 heterocycles. The largest absolute Gasteiger partial charge is 0.491 e. The SMILES string of the molecule is CC(C)Oc1cccc(CNC(C)c2ccc(S(=O)(=O)N(C)C)cc2)c1. The summed E-state index contributed by atoms with van der Waals surface area (Å²) >= 11 is 0. The van der Waals surface area contributed by atoms with Gasteiger partial charge in [-0.05, 0) is 56.2 Å². The van der Waals surface area contributed by atoms with Crippen LogP contribution in [-0.4, -0.2) is 32.9 Å². The minimum absolute atomic E-state index is 0.0979. The number of rotatable bonds is 8. The molecule has 26 heavy (non-hydrogen) atoms. The predicted octanol–water partition coefficient (Wildman–Crippen LogP) is 3.57. The van der Waals surface area contributed by atoms with Crippen molar-refractivity contribution in [1.82, 2.24) is 9.62 Å². The summed E-state index contributed by atoms with van der Waals surface area (Å²) in [7, 11) is -0.326. The van der Waals surface area contributed by atoms with Gasteiger partial charge in [-0.3, -0.25) is 0 Å². The molecule has 6 heteroatoms. The van der Waals surface area contributed by atoms with Crippen LogP contribution in [0.5, 0.6) is 5.75 Å². The molecule has 0 amide bonds. The monoisotopic (exact) mass is 376 g/mol. The Morgan fingerprint density at radius 3 is 2.27 bits per heavy atom. The Bertz CT molecular complexity index is 815. The summed E-state index contributed by atoms with van der Waals surface area (Å²) in [5.41, 5.74) is 2.18. The third-order valence-electron chi connectivity index (χ3n) is 4.04. The molecule has 0 aliphatic heterocycles. The maximum Gasteiger partial charge on any atom is 0.242 e. The minimum atomic E-state index is -3.39. The van der Waals surface area contributed by atoms with Gasteiger partial charge in [0, 0.05) is 26.7 Å². The number of hydrogen-bond donors (Lipinski definition) is 1. The fourth-order valence-corrected chi connectivity index (χ4v) is 3.43. The van der Waals surface area contributed by atoms with Gasteiger partial charge in [0.1, 0.15) is 5.75 Å². The zero-order valence-corrected chi connectivity index (χ0v) is 16.9. The Labute approximate surface area is 157 Å². The first kappa shape index (κ1) is 20.4. The van der Waals surface area contributed by atoms with Crippen LogP contribution >= 0.6 is 0 Å². The van der Waals surface area contributed by atoms with E-state index >= 15 is 0 Å². The van der Waals surface area contributed by atoms with E-state index in [1.165, 1.54) is 18.4 Å². The molecule has 2 aromatic rings. The minimum Gasteiger partial charge on any atom is -0.491 e. The van der Waals surface area contributed by atoms with Crippen molar-refractivity contribution in [2.75, 3.05) is 14.1 Å². The van der Waals surface area contributed by atoms with Crippen molar-refractivity contribution >= 4 is 10.0 Å². The maximum absolute atomic E-state index is 12.1. The smallest absolute Gasteiger partial charge is 0.242 e. The van der Waals surface area contributed by atoms with Gasteiger partial charge in [-0.15, -0.1) is 0 Å². The standard InChI is InChI=1S/C20H28N2O3S/c1-15(2)25-19-8-6-7-17(13-19)14-21-16(3)18-9-11-20(12-10-18)26(23,24)22(4)5/h6-13,15-16,21H,14H2,1-5H3. The van der Waals surface area contributed by atoms with E-state index in [2.05, 4.69) is 18.3 Å². The van der Waals surface area contributed by atoms with Crippen molar-refractivity contribution in [3.05, 3.63) is 59.7 Å². The molecule has 0 saturated carbocycles. The van der Waals surface area contributed by atoms with E-state index in [0.717, 1.165) is 16.9 Å². The quantitative estimate of drug-likeness (QED) is 0.765. The van der Waals surface area contributed by atoms with E-state index in [0.29, 0.717) is 11.4 Å². The molecule has 1 atom stereocenters. The lowest BCUT2D eigenvalue weighted by Gasteiger charge is -2.17. The molecule has 0 radical (unpaired) electrons. The van der Waals surface area contributed by atoms with Gasteiger partial charge in [-0.1, -0.05) is 24.3 Å². The average Bonchev–Trinajstić information content (AvgIpc) is 2.59. The molecule has 5 nitrogen and oxygen atoms in total. The summed E-state index contributed by atoms with van der Waals surface area (Å²) in [5, 5.41) is 3.46. The lowest BCUT2D eigenvalue weighted by atomic mass is 10.1. The van der Waals surface area contributed by atoms with E-state index in [1.807, 2.05) is 44.2 Å². The molecule has 1 N–H and O–H groups in total. The molecule has 1 unspecified atom stereocenters. The van der Waals surface area contributed by atoms with Crippen molar-refractivity contribution in [3.63, 3.8) is 0 Å². The average molecular weight is 377 g/mol. The summed E-state index contributed by atoms with van der Waals surface area (Å²) in [5.74, 6) is 0.866. The second kappa shape index (κ2) is 8.66. The number of nitrogens with zero attached hydrogens (tertiary/aromatic N) is 1. The van der Waals surface area contributed by atoms with Crippen molar-refractivity contribution in [2.24, 2.45) is 0 Å². The molecular weight excluding hydrogens is 348 g/mol. The number of ether oxygens (including phenoxy) is 1. The zero-order chi connectivity index (χ0) is 19.3. The number of benzene rings is 2. The Morgan fingerprint density at radius 2 is 1.69 bits per heavy atom. The normalized spacial score (nSPS) is 13.2. The van der Waals surface area contributed by atoms with Crippen LogP contribution in [0.3, 0.4) is 0 Å². The van der Waals surface area contributed by atoms with Gasteiger partial charge in [0.25, 0.3) is 0 Å². The summed E-state index contributed by atoms with van der Waals surface area (Å²) in [4.78, 5) is 0.303. The van der Waals surface area contributed by atoms with Crippen LogP contribution in [0.1, 0.15) is 37.9 Å². The van der Waals surface area contributed by atoms with Gasteiger partial charge in [0.05, 0.1) is 11.0 Å². The lowest BCUT2D eigenvalue weighted by molar-refractivity contribution is 0.242. The van der Waals surface area contributed by atoms with Crippen LogP contribution < -0.4 is 10.1 Å². The highest BCUT2D eigenvalue weighted by atomic mass is 32.2. The first-order valence-corrected chi connectivity index (χ1v) is 10.2.